The van der Waals surface area contributed by atoms with Gasteiger partial charge in [-0.25, -0.2) is 9.37 Å². The van der Waals surface area contributed by atoms with Crippen molar-refractivity contribution in [1.29, 1.82) is 0 Å². The molecule has 1 aromatic carbocycles. The van der Waals surface area contributed by atoms with Crippen molar-refractivity contribution in [3.8, 4) is 0 Å². The molecule has 17 heavy (non-hydrogen) atoms. The molecule has 1 heterocycles. The van der Waals surface area contributed by atoms with Crippen LogP contribution in [-0.2, 0) is 11.3 Å². The topological polar surface area (TPSA) is 67.2 Å². The molecule has 5 nitrogen and oxygen atoms in total. The summed E-state index contributed by atoms with van der Waals surface area (Å²) in [5, 5.41) is 11.8. The number of hydrogen-bond donors (Lipinski definition) is 2. The lowest BCUT2D eigenvalue weighted by atomic mass is 10.3. The maximum absolute atomic E-state index is 13.0. The maximum atomic E-state index is 13.0. The van der Waals surface area contributed by atoms with Crippen LogP contribution in [0, 0.1) is 5.82 Å². The molecule has 0 radical (unpaired) electrons. The molecule has 0 fully saturated rings. The zero-order valence-electron chi connectivity index (χ0n) is 9.27. The number of aliphatic carboxylic acids is 1. The molecule has 6 heteroatoms. The second-order valence-corrected chi connectivity index (χ2v) is 3.58. The first-order valence-corrected chi connectivity index (χ1v) is 5.23. The number of carboxylic acids is 1. The van der Waals surface area contributed by atoms with E-state index < -0.39 is 5.97 Å². The number of aromatic nitrogens is 2. The quantitative estimate of drug-likeness (QED) is 0.849. The van der Waals surface area contributed by atoms with Crippen molar-refractivity contribution < 1.29 is 14.3 Å². The fourth-order valence-electron chi connectivity index (χ4n) is 1.69. The number of nitrogens with zero attached hydrogens (tertiary/aromatic N) is 2. The molecule has 0 spiro atoms. The molecule has 0 bridgehead atoms. The Labute approximate surface area is 96.9 Å². The van der Waals surface area contributed by atoms with Gasteiger partial charge in [0.05, 0.1) is 11.0 Å². The van der Waals surface area contributed by atoms with E-state index >= 15 is 0 Å². The summed E-state index contributed by atoms with van der Waals surface area (Å²) in [7, 11) is 0. The molecule has 2 aromatic rings. The Bertz CT molecular complexity index is 565. The van der Waals surface area contributed by atoms with Gasteiger partial charge in [-0.3, -0.25) is 9.36 Å². The number of anilines is 1. The van der Waals surface area contributed by atoms with Crippen LogP contribution in [0.15, 0.2) is 18.2 Å². The lowest BCUT2D eigenvalue weighted by molar-refractivity contribution is -0.137. The summed E-state index contributed by atoms with van der Waals surface area (Å²) in [6.45, 7) is 2.29. The Kier molecular flexibility index (Phi) is 2.95. The molecule has 0 aliphatic carbocycles. The molecule has 90 valence electrons. The van der Waals surface area contributed by atoms with E-state index in [1.54, 1.807) is 0 Å². The minimum atomic E-state index is -0.965. The first-order chi connectivity index (χ1) is 8.11. The van der Waals surface area contributed by atoms with Crippen molar-refractivity contribution in [2.75, 3.05) is 11.9 Å². The highest BCUT2D eigenvalue weighted by molar-refractivity contribution is 5.81. The molecule has 0 unspecified atom stereocenters. The highest BCUT2D eigenvalue weighted by Crippen LogP contribution is 2.20. The minimum absolute atomic E-state index is 0.204. The second kappa shape index (κ2) is 4.40. The van der Waals surface area contributed by atoms with E-state index in [1.165, 1.54) is 22.8 Å². The summed E-state index contributed by atoms with van der Waals surface area (Å²) >= 11 is 0. The molecule has 0 amide bonds. The van der Waals surface area contributed by atoms with Gasteiger partial charge in [-0.15, -0.1) is 0 Å². The van der Waals surface area contributed by atoms with Crippen LogP contribution in [0.3, 0.4) is 0 Å². The van der Waals surface area contributed by atoms with E-state index in [4.69, 9.17) is 5.11 Å². The van der Waals surface area contributed by atoms with Gasteiger partial charge in [0.2, 0.25) is 5.95 Å². The van der Waals surface area contributed by atoms with Crippen LogP contribution in [0.2, 0.25) is 0 Å². The molecule has 0 aliphatic rings. The maximum Gasteiger partial charge on any atom is 0.323 e. The Morgan fingerprint density at radius 3 is 3.00 bits per heavy atom. The van der Waals surface area contributed by atoms with Crippen molar-refractivity contribution in [3.05, 3.63) is 24.0 Å². The monoisotopic (exact) mass is 237 g/mol. The first kappa shape index (κ1) is 11.4. The SMILES string of the molecule is CCNc1nc2cc(F)ccc2n1CC(=O)O. The van der Waals surface area contributed by atoms with E-state index in [0.29, 0.717) is 23.5 Å². The molecule has 0 saturated heterocycles. The number of rotatable bonds is 4. The molecular weight excluding hydrogens is 225 g/mol. The van der Waals surface area contributed by atoms with Gasteiger partial charge in [0, 0.05) is 12.6 Å². The van der Waals surface area contributed by atoms with Gasteiger partial charge in [0.1, 0.15) is 12.4 Å². The summed E-state index contributed by atoms with van der Waals surface area (Å²) in [6.07, 6.45) is 0. The van der Waals surface area contributed by atoms with Crippen molar-refractivity contribution in [2.45, 2.75) is 13.5 Å². The van der Waals surface area contributed by atoms with Crippen molar-refractivity contribution in [1.82, 2.24) is 9.55 Å². The van der Waals surface area contributed by atoms with Crippen LogP contribution in [0.5, 0.6) is 0 Å². The Morgan fingerprint density at radius 2 is 2.35 bits per heavy atom. The van der Waals surface area contributed by atoms with Gasteiger partial charge in [0.15, 0.2) is 0 Å². The van der Waals surface area contributed by atoms with Crippen LogP contribution in [0.25, 0.3) is 11.0 Å². The summed E-state index contributed by atoms with van der Waals surface area (Å²) in [4.78, 5) is 14.9. The highest BCUT2D eigenvalue weighted by atomic mass is 19.1. The predicted molar refractivity (Wildman–Crippen MR) is 61.5 cm³/mol. The van der Waals surface area contributed by atoms with E-state index in [1.807, 2.05) is 6.92 Å². The second-order valence-electron chi connectivity index (χ2n) is 3.58. The Morgan fingerprint density at radius 1 is 1.59 bits per heavy atom. The number of benzene rings is 1. The third-order valence-electron chi connectivity index (χ3n) is 2.34. The van der Waals surface area contributed by atoms with E-state index in [2.05, 4.69) is 10.3 Å². The summed E-state index contributed by atoms with van der Waals surface area (Å²) < 4.78 is 14.6. The van der Waals surface area contributed by atoms with E-state index in [0.717, 1.165) is 0 Å². The largest absolute Gasteiger partial charge is 0.480 e. The molecule has 0 aliphatic heterocycles. The number of imidazole rings is 1. The van der Waals surface area contributed by atoms with Gasteiger partial charge in [-0.05, 0) is 19.1 Å². The fraction of sp³-hybridized carbons (Fsp3) is 0.273. The first-order valence-electron chi connectivity index (χ1n) is 5.23. The van der Waals surface area contributed by atoms with Crippen molar-refractivity contribution in [3.63, 3.8) is 0 Å². The zero-order valence-corrected chi connectivity index (χ0v) is 9.27. The van der Waals surface area contributed by atoms with E-state index in [9.17, 15) is 9.18 Å². The number of hydrogen-bond acceptors (Lipinski definition) is 3. The Hall–Kier alpha value is -2.11. The number of fused-ring (bicyclic) bond motifs is 1. The summed E-state index contributed by atoms with van der Waals surface area (Å²) in [5.41, 5.74) is 1.05. The summed E-state index contributed by atoms with van der Waals surface area (Å²) in [6, 6.07) is 4.11. The van der Waals surface area contributed by atoms with Crippen molar-refractivity contribution >= 4 is 23.0 Å². The molecule has 2 rings (SSSR count). The number of carbonyl (C=O) groups is 1. The van der Waals surface area contributed by atoms with Gasteiger partial charge in [-0.2, -0.15) is 0 Å². The lowest BCUT2D eigenvalue weighted by Crippen LogP contribution is -2.12. The van der Waals surface area contributed by atoms with E-state index in [-0.39, 0.29) is 12.4 Å². The number of carboxylic acid groups (broad SMARTS) is 1. The van der Waals surface area contributed by atoms with Crippen molar-refractivity contribution in [2.24, 2.45) is 0 Å². The normalized spacial score (nSPS) is 10.7. The standard InChI is InChI=1S/C11H12FN3O2/c1-2-13-11-14-8-5-7(12)3-4-9(8)15(11)6-10(16)17/h3-5H,2,6H2,1H3,(H,13,14)(H,16,17). The molecular formula is C11H12FN3O2. The van der Waals surface area contributed by atoms with Crippen LogP contribution in [0.1, 0.15) is 6.92 Å². The zero-order chi connectivity index (χ0) is 12.4. The molecule has 0 saturated carbocycles. The van der Waals surface area contributed by atoms with Crippen LogP contribution < -0.4 is 5.32 Å². The fourth-order valence-corrected chi connectivity index (χ4v) is 1.69. The van der Waals surface area contributed by atoms with Crippen LogP contribution in [-0.4, -0.2) is 27.2 Å². The van der Waals surface area contributed by atoms with Gasteiger partial charge >= 0.3 is 5.97 Å². The smallest absolute Gasteiger partial charge is 0.323 e. The lowest BCUT2D eigenvalue weighted by Gasteiger charge is -2.06. The number of halogens is 1. The third-order valence-corrected chi connectivity index (χ3v) is 2.34. The van der Waals surface area contributed by atoms with Gasteiger partial charge < -0.3 is 10.4 Å². The predicted octanol–water partition coefficient (Wildman–Crippen LogP) is 1.69. The summed E-state index contributed by atoms with van der Waals surface area (Å²) in [5.74, 6) is -0.913. The highest BCUT2D eigenvalue weighted by Gasteiger charge is 2.12. The van der Waals surface area contributed by atoms with Gasteiger partial charge in [-0.1, -0.05) is 0 Å². The average molecular weight is 237 g/mol. The Balaban J connectivity index is 2.57. The molecule has 1 aromatic heterocycles. The average Bonchev–Trinajstić information content (AvgIpc) is 2.56. The molecule has 0 atom stereocenters. The minimum Gasteiger partial charge on any atom is -0.480 e. The third kappa shape index (κ3) is 2.20. The number of nitrogens with one attached hydrogen (secondary N) is 1. The van der Waals surface area contributed by atoms with Gasteiger partial charge in [0.25, 0.3) is 0 Å². The molecule has 2 N–H and O–H groups in total. The van der Waals surface area contributed by atoms with Crippen LogP contribution in [0.4, 0.5) is 10.3 Å². The van der Waals surface area contributed by atoms with Crippen LogP contribution >= 0.6 is 0 Å².